The minimum absolute atomic E-state index is 0. The van der Waals surface area contributed by atoms with Gasteiger partial charge in [-0.15, -0.1) is 24.8 Å². The molecular formula is C14H30Cl2N4O2. The molecule has 0 spiro atoms. The molecule has 22 heavy (non-hydrogen) atoms. The number of nitrogens with zero attached hydrogens (tertiary/aromatic N) is 2. The zero-order valence-corrected chi connectivity index (χ0v) is 15.3. The molecule has 1 heterocycles. The van der Waals surface area contributed by atoms with E-state index in [9.17, 15) is 9.59 Å². The SMILES string of the molecule is CC(C)N(C)CC(=O)N1CCCC(C(=O)NCCN)C1.Cl.Cl. The summed E-state index contributed by atoms with van der Waals surface area (Å²) < 4.78 is 0. The molecule has 3 N–H and O–H groups in total. The Hall–Kier alpha value is -0.560. The van der Waals surface area contributed by atoms with E-state index < -0.39 is 0 Å². The minimum atomic E-state index is -0.0939. The van der Waals surface area contributed by atoms with Crippen molar-refractivity contribution in [2.24, 2.45) is 11.7 Å². The lowest BCUT2D eigenvalue weighted by Crippen LogP contribution is -2.49. The molecule has 0 bridgehead atoms. The average molecular weight is 357 g/mol. The third-order valence-electron chi connectivity index (χ3n) is 3.85. The number of carbonyl (C=O) groups excluding carboxylic acids is 2. The molecule has 1 aliphatic heterocycles. The lowest BCUT2D eigenvalue weighted by Gasteiger charge is -2.33. The summed E-state index contributed by atoms with van der Waals surface area (Å²) in [6.45, 7) is 6.76. The Bertz CT molecular complexity index is 343. The maximum atomic E-state index is 12.2. The van der Waals surface area contributed by atoms with Crippen LogP contribution in [0.2, 0.25) is 0 Å². The van der Waals surface area contributed by atoms with Crippen molar-refractivity contribution in [3.8, 4) is 0 Å². The molecule has 0 aliphatic carbocycles. The van der Waals surface area contributed by atoms with Gasteiger partial charge in [-0.3, -0.25) is 14.5 Å². The lowest BCUT2D eigenvalue weighted by molar-refractivity contribution is -0.136. The van der Waals surface area contributed by atoms with E-state index in [4.69, 9.17) is 5.73 Å². The largest absolute Gasteiger partial charge is 0.355 e. The minimum Gasteiger partial charge on any atom is -0.355 e. The molecule has 1 unspecified atom stereocenters. The third-order valence-corrected chi connectivity index (χ3v) is 3.85. The van der Waals surface area contributed by atoms with Gasteiger partial charge in [0, 0.05) is 32.2 Å². The Labute approximate surface area is 146 Å². The van der Waals surface area contributed by atoms with Gasteiger partial charge in [0.25, 0.3) is 0 Å². The Morgan fingerprint density at radius 2 is 2.00 bits per heavy atom. The van der Waals surface area contributed by atoms with Crippen molar-refractivity contribution in [3.05, 3.63) is 0 Å². The highest BCUT2D eigenvalue weighted by atomic mass is 35.5. The first-order valence-electron chi connectivity index (χ1n) is 7.41. The topological polar surface area (TPSA) is 78.7 Å². The number of nitrogens with two attached hydrogens (primary N) is 1. The molecule has 1 saturated heterocycles. The predicted octanol–water partition coefficient (Wildman–Crippen LogP) is 0.484. The van der Waals surface area contributed by atoms with Crippen LogP contribution in [0.4, 0.5) is 0 Å². The molecule has 0 radical (unpaired) electrons. The number of halogens is 2. The van der Waals surface area contributed by atoms with Crippen LogP contribution >= 0.6 is 24.8 Å². The molecule has 0 saturated carbocycles. The van der Waals surface area contributed by atoms with Crippen LogP contribution < -0.4 is 11.1 Å². The quantitative estimate of drug-likeness (QED) is 0.725. The fraction of sp³-hybridized carbons (Fsp3) is 0.857. The highest BCUT2D eigenvalue weighted by Gasteiger charge is 2.28. The fourth-order valence-corrected chi connectivity index (χ4v) is 2.25. The van der Waals surface area contributed by atoms with Crippen LogP contribution in [-0.2, 0) is 9.59 Å². The Balaban J connectivity index is 0. The summed E-state index contributed by atoms with van der Waals surface area (Å²) in [5.41, 5.74) is 5.38. The number of hydrogen-bond donors (Lipinski definition) is 2. The number of likely N-dealkylation sites (N-methyl/N-ethyl adjacent to an activating group) is 1. The van der Waals surface area contributed by atoms with Crippen molar-refractivity contribution in [1.82, 2.24) is 15.1 Å². The summed E-state index contributed by atoms with van der Waals surface area (Å²) in [5.74, 6) is 0.0336. The van der Waals surface area contributed by atoms with Gasteiger partial charge in [-0.2, -0.15) is 0 Å². The van der Waals surface area contributed by atoms with Gasteiger partial charge in [-0.05, 0) is 33.7 Å². The van der Waals surface area contributed by atoms with Gasteiger partial charge < -0.3 is 16.0 Å². The second-order valence-corrected chi connectivity index (χ2v) is 5.77. The molecule has 8 heteroatoms. The summed E-state index contributed by atoms with van der Waals surface area (Å²) in [7, 11) is 1.94. The first kappa shape index (κ1) is 23.7. The Morgan fingerprint density at radius 3 is 2.55 bits per heavy atom. The third kappa shape index (κ3) is 7.63. The highest BCUT2D eigenvalue weighted by Crippen LogP contribution is 2.17. The second kappa shape index (κ2) is 11.9. The standard InChI is InChI=1S/C14H28N4O2.2ClH/c1-11(2)17(3)10-13(19)18-8-4-5-12(9-18)14(20)16-7-6-15;;/h11-12H,4-10,15H2,1-3H3,(H,16,20);2*1H. The van der Waals surface area contributed by atoms with Gasteiger partial charge in [-0.25, -0.2) is 0 Å². The molecule has 6 nitrogen and oxygen atoms in total. The molecule has 1 rings (SSSR count). The van der Waals surface area contributed by atoms with Gasteiger partial charge in [0.2, 0.25) is 11.8 Å². The number of likely N-dealkylation sites (tertiary alicyclic amines) is 1. The van der Waals surface area contributed by atoms with Crippen molar-refractivity contribution in [1.29, 1.82) is 0 Å². The zero-order valence-electron chi connectivity index (χ0n) is 13.7. The van der Waals surface area contributed by atoms with Crippen molar-refractivity contribution in [2.45, 2.75) is 32.7 Å². The van der Waals surface area contributed by atoms with Crippen molar-refractivity contribution < 1.29 is 9.59 Å². The summed E-state index contributed by atoms with van der Waals surface area (Å²) in [6.07, 6.45) is 1.73. The summed E-state index contributed by atoms with van der Waals surface area (Å²) in [5, 5.41) is 2.81. The van der Waals surface area contributed by atoms with Crippen LogP contribution in [-0.4, -0.2) is 67.4 Å². The lowest BCUT2D eigenvalue weighted by atomic mass is 9.97. The van der Waals surface area contributed by atoms with Gasteiger partial charge in [-0.1, -0.05) is 0 Å². The Morgan fingerprint density at radius 1 is 1.36 bits per heavy atom. The fourth-order valence-electron chi connectivity index (χ4n) is 2.25. The van der Waals surface area contributed by atoms with Crippen LogP contribution in [0.25, 0.3) is 0 Å². The molecule has 1 aliphatic rings. The molecule has 1 fully saturated rings. The van der Waals surface area contributed by atoms with Crippen molar-refractivity contribution in [2.75, 3.05) is 39.8 Å². The van der Waals surface area contributed by atoms with Crippen LogP contribution in [0.5, 0.6) is 0 Å². The first-order chi connectivity index (χ1) is 9.45. The van der Waals surface area contributed by atoms with Crippen molar-refractivity contribution in [3.63, 3.8) is 0 Å². The van der Waals surface area contributed by atoms with Crippen molar-refractivity contribution >= 4 is 36.6 Å². The smallest absolute Gasteiger partial charge is 0.236 e. The summed E-state index contributed by atoms with van der Waals surface area (Å²) >= 11 is 0. The van der Waals surface area contributed by atoms with Gasteiger partial charge in [0.1, 0.15) is 0 Å². The van der Waals surface area contributed by atoms with Crippen LogP contribution in [0, 0.1) is 5.92 Å². The van der Waals surface area contributed by atoms with E-state index in [1.54, 1.807) is 0 Å². The maximum absolute atomic E-state index is 12.2. The summed E-state index contributed by atoms with van der Waals surface area (Å²) in [4.78, 5) is 28.0. The monoisotopic (exact) mass is 356 g/mol. The predicted molar refractivity (Wildman–Crippen MR) is 93.6 cm³/mol. The molecule has 2 amide bonds. The second-order valence-electron chi connectivity index (χ2n) is 5.77. The number of rotatable bonds is 6. The van der Waals surface area contributed by atoms with Gasteiger partial charge >= 0.3 is 0 Å². The maximum Gasteiger partial charge on any atom is 0.236 e. The zero-order chi connectivity index (χ0) is 15.1. The first-order valence-corrected chi connectivity index (χ1v) is 7.41. The van der Waals surface area contributed by atoms with E-state index in [2.05, 4.69) is 19.2 Å². The van der Waals surface area contributed by atoms with Gasteiger partial charge in [0.15, 0.2) is 0 Å². The van der Waals surface area contributed by atoms with Crippen LogP contribution in [0.15, 0.2) is 0 Å². The number of hydrogen-bond acceptors (Lipinski definition) is 4. The summed E-state index contributed by atoms with van der Waals surface area (Å²) in [6, 6.07) is 0.340. The normalized spacial score (nSPS) is 17.7. The molecule has 1 atom stereocenters. The van der Waals surface area contributed by atoms with E-state index in [0.717, 1.165) is 19.4 Å². The number of amides is 2. The van der Waals surface area contributed by atoms with Crippen LogP contribution in [0.3, 0.4) is 0 Å². The van der Waals surface area contributed by atoms with Gasteiger partial charge in [0.05, 0.1) is 12.5 Å². The highest BCUT2D eigenvalue weighted by molar-refractivity contribution is 5.85. The van der Waals surface area contributed by atoms with E-state index in [0.29, 0.717) is 32.2 Å². The van der Waals surface area contributed by atoms with Crippen LogP contribution in [0.1, 0.15) is 26.7 Å². The van der Waals surface area contributed by atoms with E-state index in [-0.39, 0.29) is 42.5 Å². The molecule has 0 aromatic heterocycles. The molecule has 132 valence electrons. The van der Waals surface area contributed by atoms with E-state index >= 15 is 0 Å². The van der Waals surface area contributed by atoms with E-state index in [1.165, 1.54) is 0 Å². The number of piperidine rings is 1. The number of carbonyl (C=O) groups is 2. The molecule has 0 aromatic carbocycles. The molecular weight excluding hydrogens is 327 g/mol. The molecule has 0 aromatic rings. The Kier molecular flexibility index (Phi) is 12.9. The number of nitrogens with one attached hydrogen (secondary N) is 1. The average Bonchev–Trinajstić information content (AvgIpc) is 2.44. The van der Waals surface area contributed by atoms with E-state index in [1.807, 2.05) is 16.8 Å².